The molecule has 6 heteroatoms. The summed E-state index contributed by atoms with van der Waals surface area (Å²) in [6.45, 7) is 4.42. The topological polar surface area (TPSA) is 54.5 Å². The van der Waals surface area contributed by atoms with E-state index in [0.717, 1.165) is 18.4 Å². The van der Waals surface area contributed by atoms with Crippen molar-refractivity contribution in [2.75, 3.05) is 6.54 Å². The number of piperidine rings is 1. The average molecular weight is 400 g/mol. The van der Waals surface area contributed by atoms with E-state index in [1.807, 2.05) is 6.92 Å². The first-order chi connectivity index (χ1) is 10.8. The van der Waals surface area contributed by atoms with Gasteiger partial charge in [0.1, 0.15) is 5.54 Å². The van der Waals surface area contributed by atoms with Crippen molar-refractivity contribution >= 4 is 31.7 Å². The van der Waals surface area contributed by atoms with Crippen molar-refractivity contribution < 1.29 is 13.2 Å². The van der Waals surface area contributed by atoms with Crippen LogP contribution < -0.4 is 0 Å². The summed E-state index contributed by atoms with van der Waals surface area (Å²) in [6, 6.07) is 6.88. The summed E-state index contributed by atoms with van der Waals surface area (Å²) < 4.78 is 27.9. The van der Waals surface area contributed by atoms with Crippen LogP contribution in [0.3, 0.4) is 0 Å². The summed E-state index contributed by atoms with van der Waals surface area (Å²) in [4.78, 5) is 12.9. The van der Waals surface area contributed by atoms with Crippen LogP contribution in [0.5, 0.6) is 0 Å². The molecule has 3 atom stereocenters. The van der Waals surface area contributed by atoms with Crippen LogP contribution >= 0.6 is 15.9 Å². The Hall–Kier alpha value is -0.720. The van der Waals surface area contributed by atoms with Gasteiger partial charge in [-0.2, -0.15) is 4.31 Å². The van der Waals surface area contributed by atoms with E-state index >= 15 is 0 Å². The largest absolute Gasteiger partial charge is 0.298 e. The Balaban J connectivity index is 2.09. The number of benzene rings is 1. The lowest BCUT2D eigenvalue weighted by atomic mass is 9.81. The molecule has 4 nitrogen and oxygen atoms in total. The first-order valence-electron chi connectivity index (χ1n) is 8.07. The molecule has 1 aliphatic heterocycles. The molecule has 0 N–H and O–H groups in total. The van der Waals surface area contributed by atoms with Crippen molar-refractivity contribution in [2.45, 2.75) is 54.8 Å². The van der Waals surface area contributed by atoms with Gasteiger partial charge < -0.3 is 0 Å². The van der Waals surface area contributed by atoms with E-state index in [2.05, 4.69) is 22.9 Å². The van der Waals surface area contributed by atoms with Crippen LogP contribution in [0, 0.1) is 12.8 Å². The van der Waals surface area contributed by atoms with Gasteiger partial charge >= 0.3 is 0 Å². The first kappa shape index (κ1) is 17.1. The van der Waals surface area contributed by atoms with Gasteiger partial charge in [-0.05, 0) is 44.2 Å². The van der Waals surface area contributed by atoms with Gasteiger partial charge in [0.25, 0.3) is 0 Å². The van der Waals surface area contributed by atoms with Crippen LogP contribution in [0.4, 0.5) is 0 Å². The van der Waals surface area contributed by atoms with Gasteiger partial charge in [0.15, 0.2) is 5.78 Å². The van der Waals surface area contributed by atoms with E-state index in [4.69, 9.17) is 0 Å². The standard InChI is InChI=1S/C17H22BrNO3S/c1-12-5-7-14(8-6-12)23(21,22)19-11-9-13(2)16(18)17(19)10-3-4-15(17)20/h5-8,13,16H,3-4,9-11H2,1-2H3/t13-,16-,17-/m1/s1. The molecule has 0 amide bonds. The molecule has 1 saturated carbocycles. The Kier molecular flexibility index (Phi) is 4.44. The Morgan fingerprint density at radius 1 is 1.26 bits per heavy atom. The molecule has 1 aromatic rings. The molecule has 3 rings (SSSR count). The maximum atomic E-state index is 13.2. The van der Waals surface area contributed by atoms with Gasteiger partial charge in [0.05, 0.1) is 4.90 Å². The predicted octanol–water partition coefficient (Wildman–Crippen LogP) is 3.28. The molecule has 0 aromatic heterocycles. The molecule has 1 aliphatic carbocycles. The van der Waals surface area contributed by atoms with E-state index in [1.165, 1.54) is 4.31 Å². The third-order valence-corrected chi connectivity index (χ3v) is 8.86. The quantitative estimate of drug-likeness (QED) is 0.716. The Morgan fingerprint density at radius 2 is 1.91 bits per heavy atom. The maximum Gasteiger partial charge on any atom is 0.244 e. The summed E-state index contributed by atoms with van der Waals surface area (Å²) in [5.41, 5.74) is 0.0997. The van der Waals surface area contributed by atoms with E-state index in [1.54, 1.807) is 24.3 Å². The fraction of sp³-hybridized carbons (Fsp3) is 0.588. The molecule has 1 aromatic carbocycles. The first-order valence-corrected chi connectivity index (χ1v) is 10.4. The third-order valence-electron chi connectivity index (χ3n) is 5.24. The number of hydrogen-bond acceptors (Lipinski definition) is 3. The summed E-state index contributed by atoms with van der Waals surface area (Å²) >= 11 is 3.67. The van der Waals surface area contributed by atoms with Gasteiger partial charge in [-0.1, -0.05) is 40.5 Å². The van der Waals surface area contributed by atoms with Gasteiger partial charge in [0.2, 0.25) is 10.0 Å². The van der Waals surface area contributed by atoms with Gasteiger partial charge in [0, 0.05) is 17.8 Å². The van der Waals surface area contributed by atoms with Crippen LogP contribution in [0.25, 0.3) is 0 Å². The summed E-state index contributed by atoms with van der Waals surface area (Å²) in [7, 11) is -3.68. The van der Waals surface area contributed by atoms with Crippen molar-refractivity contribution in [2.24, 2.45) is 5.92 Å². The molecule has 2 aliphatic rings. The predicted molar refractivity (Wildman–Crippen MR) is 93.2 cm³/mol. The molecule has 0 unspecified atom stereocenters. The van der Waals surface area contributed by atoms with Crippen LogP contribution in [0.15, 0.2) is 29.2 Å². The van der Waals surface area contributed by atoms with Crippen LogP contribution in [-0.2, 0) is 14.8 Å². The molecule has 1 saturated heterocycles. The monoisotopic (exact) mass is 399 g/mol. The lowest BCUT2D eigenvalue weighted by Gasteiger charge is -2.48. The highest BCUT2D eigenvalue weighted by Crippen LogP contribution is 2.47. The highest BCUT2D eigenvalue weighted by Gasteiger charge is 2.58. The highest BCUT2D eigenvalue weighted by atomic mass is 79.9. The minimum absolute atomic E-state index is 0.0570. The van der Waals surface area contributed by atoms with Gasteiger partial charge in [-0.15, -0.1) is 0 Å². The summed E-state index contributed by atoms with van der Waals surface area (Å²) in [5.74, 6) is 0.336. The SMILES string of the molecule is Cc1ccc(S(=O)(=O)N2CC[C@@H](C)[C@@H](Br)[C@]23CCCC3=O)cc1. The van der Waals surface area contributed by atoms with E-state index in [0.29, 0.717) is 19.4 Å². The smallest absolute Gasteiger partial charge is 0.244 e. The highest BCUT2D eigenvalue weighted by molar-refractivity contribution is 9.09. The van der Waals surface area contributed by atoms with Crippen molar-refractivity contribution in [3.8, 4) is 0 Å². The zero-order valence-electron chi connectivity index (χ0n) is 13.5. The van der Waals surface area contributed by atoms with Crippen molar-refractivity contribution in [3.63, 3.8) is 0 Å². The number of rotatable bonds is 2. The minimum atomic E-state index is -3.68. The molecule has 1 spiro atoms. The lowest BCUT2D eigenvalue weighted by Crippen LogP contribution is -2.64. The summed E-state index contributed by atoms with van der Waals surface area (Å²) in [6.07, 6.45) is 2.59. The number of ketones is 1. The van der Waals surface area contributed by atoms with E-state index in [9.17, 15) is 13.2 Å². The minimum Gasteiger partial charge on any atom is -0.298 e. The summed E-state index contributed by atoms with van der Waals surface area (Å²) in [5, 5.41) is 0. The van der Waals surface area contributed by atoms with Gasteiger partial charge in [-0.25, -0.2) is 8.42 Å². The molecular formula is C17H22BrNO3S. The third kappa shape index (κ3) is 2.59. The second kappa shape index (κ2) is 5.97. The number of carbonyl (C=O) groups is 1. The average Bonchev–Trinajstić information content (AvgIpc) is 2.87. The molecule has 0 bridgehead atoms. The van der Waals surface area contributed by atoms with E-state index < -0.39 is 15.6 Å². The van der Waals surface area contributed by atoms with Crippen LogP contribution in [-0.4, -0.2) is 35.4 Å². The number of alkyl halides is 1. The Labute approximate surface area is 146 Å². The molecule has 2 fully saturated rings. The second-order valence-electron chi connectivity index (χ2n) is 6.76. The van der Waals surface area contributed by atoms with Gasteiger partial charge in [-0.3, -0.25) is 4.79 Å². The molecular weight excluding hydrogens is 378 g/mol. The second-order valence-corrected chi connectivity index (χ2v) is 9.61. The van der Waals surface area contributed by atoms with Crippen LogP contribution in [0.1, 0.15) is 38.2 Å². The van der Waals surface area contributed by atoms with Crippen LogP contribution in [0.2, 0.25) is 0 Å². The fourth-order valence-electron chi connectivity index (χ4n) is 3.88. The number of Topliss-reactive ketones (excluding diaryl/α,β-unsaturated/α-hetero) is 1. The number of carbonyl (C=O) groups excluding carboxylic acids is 1. The Bertz CT molecular complexity index is 716. The Morgan fingerprint density at radius 3 is 2.48 bits per heavy atom. The molecule has 126 valence electrons. The fourth-order valence-corrected chi connectivity index (χ4v) is 6.82. The number of nitrogens with zero attached hydrogens (tertiary/aromatic N) is 1. The number of aryl methyl sites for hydroxylation is 1. The lowest BCUT2D eigenvalue weighted by molar-refractivity contribution is -0.127. The van der Waals surface area contributed by atoms with Crippen molar-refractivity contribution in [1.29, 1.82) is 0 Å². The normalized spacial score (nSPS) is 32.6. The molecule has 23 heavy (non-hydrogen) atoms. The zero-order chi connectivity index (χ0) is 16.8. The molecule has 1 heterocycles. The number of hydrogen-bond donors (Lipinski definition) is 0. The maximum absolute atomic E-state index is 13.2. The van der Waals surface area contributed by atoms with E-state index in [-0.39, 0.29) is 21.4 Å². The number of sulfonamides is 1. The van der Waals surface area contributed by atoms with Crippen molar-refractivity contribution in [1.82, 2.24) is 4.31 Å². The molecule has 0 radical (unpaired) electrons. The zero-order valence-corrected chi connectivity index (χ0v) is 15.9. The number of halogens is 1. The van der Waals surface area contributed by atoms with Crippen molar-refractivity contribution in [3.05, 3.63) is 29.8 Å².